The monoisotopic (exact) mass is 384 g/mol. The maximum Gasteiger partial charge on any atom is 0.231 e. The van der Waals surface area contributed by atoms with Gasteiger partial charge in [-0.3, -0.25) is 4.90 Å². The van der Waals surface area contributed by atoms with Crippen molar-refractivity contribution >= 4 is 11.8 Å². The van der Waals surface area contributed by atoms with Crippen LogP contribution in [0.2, 0.25) is 0 Å². The fourth-order valence-electron chi connectivity index (χ4n) is 3.18. The molecule has 0 unspecified atom stereocenters. The second-order valence-corrected chi connectivity index (χ2v) is 7.84. The third kappa shape index (κ3) is 3.68. The summed E-state index contributed by atoms with van der Waals surface area (Å²) >= 11 is 1.48. The van der Waals surface area contributed by atoms with Crippen molar-refractivity contribution in [2.24, 2.45) is 7.05 Å². The van der Waals surface area contributed by atoms with Gasteiger partial charge in [0.05, 0.1) is 6.54 Å². The molecule has 5 rings (SSSR count). The summed E-state index contributed by atoms with van der Waals surface area (Å²) in [6, 6.07) is 10.9. The van der Waals surface area contributed by atoms with Crippen molar-refractivity contribution in [1.82, 2.24) is 19.7 Å². The molecule has 1 saturated carbocycles. The summed E-state index contributed by atoms with van der Waals surface area (Å²) in [4.78, 5) is 2.47. The molecule has 0 amide bonds. The van der Waals surface area contributed by atoms with Crippen molar-refractivity contribution < 1.29 is 13.9 Å². The van der Waals surface area contributed by atoms with Gasteiger partial charge in [0, 0.05) is 19.6 Å². The molecule has 2 aliphatic rings. The molecule has 3 heterocycles. The molecule has 3 aromatic rings. The maximum absolute atomic E-state index is 6.03. The van der Waals surface area contributed by atoms with E-state index in [1.165, 1.54) is 30.2 Å². The molecule has 0 atom stereocenters. The first-order valence-electron chi connectivity index (χ1n) is 8.98. The summed E-state index contributed by atoms with van der Waals surface area (Å²) in [6.45, 7) is 1.97. The molecule has 0 spiro atoms. The summed E-state index contributed by atoms with van der Waals surface area (Å²) in [5.74, 6) is 2.63. The smallest absolute Gasteiger partial charge is 0.231 e. The molecule has 0 saturated heterocycles. The van der Waals surface area contributed by atoms with Gasteiger partial charge in [0.1, 0.15) is 12.1 Å². The first-order chi connectivity index (χ1) is 13.2. The van der Waals surface area contributed by atoms with Gasteiger partial charge in [-0.05, 0) is 54.4 Å². The van der Waals surface area contributed by atoms with Crippen LogP contribution in [0.25, 0.3) is 0 Å². The van der Waals surface area contributed by atoms with Crippen molar-refractivity contribution in [2.45, 2.75) is 42.2 Å². The van der Waals surface area contributed by atoms with E-state index in [-0.39, 0.29) is 0 Å². The van der Waals surface area contributed by atoms with Crippen LogP contribution in [0.5, 0.6) is 11.5 Å². The van der Waals surface area contributed by atoms with Gasteiger partial charge in [0.2, 0.25) is 6.79 Å². The predicted octanol–water partition coefficient (Wildman–Crippen LogP) is 3.45. The standard InChI is InChI=1S/C19H20N4O3S/c1-22-11-20-21-19(22)27-18-7-5-15(26-18)10-23(14-3-4-14)9-13-2-6-16-17(8-13)25-12-24-16/h2,5-8,11,14H,3-4,9-10,12H2,1H3. The fraction of sp³-hybridized carbons (Fsp3) is 0.368. The van der Waals surface area contributed by atoms with Crippen molar-refractivity contribution in [1.29, 1.82) is 0 Å². The van der Waals surface area contributed by atoms with E-state index >= 15 is 0 Å². The minimum atomic E-state index is 0.309. The van der Waals surface area contributed by atoms with Crippen LogP contribution in [0.4, 0.5) is 0 Å². The zero-order chi connectivity index (χ0) is 18.2. The molecular formula is C19H20N4O3S. The molecule has 1 aliphatic carbocycles. The molecule has 8 heteroatoms. The Morgan fingerprint density at radius 2 is 2.04 bits per heavy atom. The zero-order valence-corrected chi connectivity index (χ0v) is 15.8. The Bertz CT molecular complexity index is 950. The molecule has 140 valence electrons. The van der Waals surface area contributed by atoms with Gasteiger partial charge in [-0.15, -0.1) is 10.2 Å². The average molecular weight is 384 g/mol. The molecule has 7 nitrogen and oxygen atoms in total. The van der Waals surface area contributed by atoms with Crippen LogP contribution in [0.1, 0.15) is 24.2 Å². The Balaban J connectivity index is 1.27. The fourth-order valence-corrected chi connectivity index (χ4v) is 3.92. The summed E-state index contributed by atoms with van der Waals surface area (Å²) < 4.78 is 18.8. The van der Waals surface area contributed by atoms with Crippen molar-refractivity contribution in [3.05, 3.63) is 48.0 Å². The molecule has 1 fully saturated rings. The number of furan rings is 1. The predicted molar refractivity (Wildman–Crippen MR) is 98.7 cm³/mol. The van der Waals surface area contributed by atoms with Crippen LogP contribution >= 0.6 is 11.8 Å². The minimum absolute atomic E-state index is 0.309. The number of rotatable bonds is 7. The molecular weight excluding hydrogens is 364 g/mol. The third-order valence-corrected chi connectivity index (χ3v) is 5.72. The van der Waals surface area contributed by atoms with E-state index in [0.717, 1.165) is 40.6 Å². The van der Waals surface area contributed by atoms with Gasteiger partial charge >= 0.3 is 0 Å². The quantitative estimate of drug-likeness (QED) is 0.618. The molecule has 2 aromatic heterocycles. The van der Waals surface area contributed by atoms with E-state index < -0.39 is 0 Å². The Hall–Kier alpha value is -2.45. The highest BCUT2D eigenvalue weighted by molar-refractivity contribution is 7.99. The van der Waals surface area contributed by atoms with Crippen LogP contribution in [0, 0.1) is 0 Å². The number of nitrogens with zero attached hydrogens (tertiary/aromatic N) is 4. The van der Waals surface area contributed by atoms with Crippen molar-refractivity contribution in [3.63, 3.8) is 0 Å². The number of hydrogen-bond acceptors (Lipinski definition) is 7. The first kappa shape index (κ1) is 16.7. The number of hydrogen-bond donors (Lipinski definition) is 0. The summed E-state index contributed by atoms with van der Waals surface area (Å²) in [7, 11) is 1.92. The largest absolute Gasteiger partial charge is 0.454 e. The van der Waals surface area contributed by atoms with E-state index in [2.05, 4.69) is 27.2 Å². The summed E-state index contributed by atoms with van der Waals surface area (Å²) in [6.07, 6.45) is 4.17. The lowest BCUT2D eigenvalue weighted by molar-refractivity contribution is 0.174. The van der Waals surface area contributed by atoms with Crippen LogP contribution in [0.15, 0.2) is 51.3 Å². The van der Waals surface area contributed by atoms with Gasteiger partial charge in [-0.25, -0.2) is 0 Å². The van der Waals surface area contributed by atoms with Crippen LogP contribution in [-0.4, -0.2) is 32.5 Å². The molecule has 1 aromatic carbocycles. The van der Waals surface area contributed by atoms with Gasteiger partial charge in [0.25, 0.3) is 0 Å². The number of aryl methyl sites for hydroxylation is 1. The normalized spacial score (nSPS) is 15.6. The third-order valence-electron chi connectivity index (χ3n) is 4.74. The highest BCUT2D eigenvalue weighted by Crippen LogP contribution is 2.35. The van der Waals surface area contributed by atoms with Crippen LogP contribution < -0.4 is 9.47 Å². The first-order valence-corrected chi connectivity index (χ1v) is 9.79. The highest BCUT2D eigenvalue weighted by Gasteiger charge is 2.30. The molecule has 0 bridgehead atoms. The Morgan fingerprint density at radius 1 is 1.15 bits per heavy atom. The van der Waals surface area contributed by atoms with Crippen molar-refractivity contribution in [3.8, 4) is 11.5 Å². The average Bonchev–Trinajstić information content (AvgIpc) is 3.04. The second-order valence-electron chi connectivity index (χ2n) is 6.87. The molecule has 0 radical (unpaired) electrons. The molecule has 27 heavy (non-hydrogen) atoms. The van der Waals surface area contributed by atoms with E-state index in [4.69, 9.17) is 13.9 Å². The van der Waals surface area contributed by atoms with Gasteiger partial charge in [-0.2, -0.15) is 0 Å². The van der Waals surface area contributed by atoms with Gasteiger partial charge in [0.15, 0.2) is 21.7 Å². The lowest BCUT2D eigenvalue weighted by Gasteiger charge is -2.21. The van der Waals surface area contributed by atoms with E-state index in [0.29, 0.717) is 12.8 Å². The van der Waals surface area contributed by atoms with E-state index in [1.807, 2.05) is 29.8 Å². The molecule has 1 aliphatic heterocycles. The zero-order valence-electron chi connectivity index (χ0n) is 15.0. The topological polar surface area (TPSA) is 65.6 Å². The van der Waals surface area contributed by atoms with E-state index in [1.54, 1.807) is 6.33 Å². The second kappa shape index (κ2) is 6.94. The lowest BCUT2D eigenvalue weighted by atomic mass is 10.2. The SMILES string of the molecule is Cn1cnnc1Sc1ccc(CN(Cc2ccc3c(c2)OCO3)C2CC2)o1. The Labute approximate surface area is 161 Å². The minimum Gasteiger partial charge on any atom is -0.454 e. The van der Waals surface area contributed by atoms with Crippen LogP contribution in [0.3, 0.4) is 0 Å². The maximum atomic E-state index is 6.03. The van der Waals surface area contributed by atoms with E-state index in [9.17, 15) is 0 Å². The number of benzene rings is 1. The summed E-state index contributed by atoms with van der Waals surface area (Å²) in [5, 5.41) is 9.63. The number of ether oxygens (including phenoxy) is 2. The van der Waals surface area contributed by atoms with Gasteiger partial charge < -0.3 is 18.5 Å². The summed E-state index contributed by atoms with van der Waals surface area (Å²) in [5.41, 5.74) is 1.23. The van der Waals surface area contributed by atoms with Crippen molar-refractivity contribution in [2.75, 3.05) is 6.79 Å². The highest BCUT2D eigenvalue weighted by atomic mass is 32.2. The number of fused-ring (bicyclic) bond motifs is 1. The molecule has 0 N–H and O–H groups in total. The Kier molecular flexibility index (Phi) is 4.29. The van der Waals surface area contributed by atoms with Gasteiger partial charge in [-0.1, -0.05) is 6.07 Å². The Morgan fingerprint density at radius 3 is 2.85 bits per heavy atom. The lowest BCUT2D eigenvalue weighted by Crippen LogP contribution is -2.24. The number of aromatic nitrogens is 3. The van der Waals surface area contributed by atoms with Crippen LogP contribution in [-0.2, 0) is 20.1 Å².